The van der Waals surface area contributed by atoms with Crippen molar-refractivity contribution in [2.45, 2.75) is 0 Å². The Kier molecular flexibility index (Phi) is 7.21. The van der Waals surface area contributed by atoms with Gasteiger partial charge in [-0.05, 0) is 60.3 Å². The van der Waals surface area contributed by atoms with E-state index in [9.17, 15) is 14.9 Å². The van der Waals surface area contributed by atoms with E-state index in [2.05, 4.69) is 17.2 Å². The second-order valence-corrected chi connectivity index (χ2v) is 5.66. The van der Waals surface area contributed by atoms with Gasteiger partial charge in [0.1, 0.15) is 12.4 Å². The first-order valence-electron chi connectivity index (χ1n) is 7.86. The number of non-ortho nitro benzene ring substituents is 1. The fourth-order valence-corrected chi connectivity index (χ4v) is 2.20. The quantitative estimate of drug-likeness (QED) is 0.249. The van der Waals surface area contributed by atoms with Gasteiger partial charge in [0.15, 0.2) is 5.11 Å². The molecule has 0 spiro atoms. The van der Waals surface area contributed by atoms with Crippen LogP contribution in [0.15, 0.2) is 67.3 Å². The topological polar surface area (TPSA) is 93.5 Å². The van der Waals surface area contributed by atoms with Crippen LogP contribution in [0.3, 0.4) is 0 Å². The molecule has 2 aromatic rings. The van der Waals surface area contributed by atoms with Gasteiger partial charge in [-0.25, -0.2) is 0 Å². The van der Waals surface area contributed by atoms with Crippen LogP contribution in [0, 0.1) is 10.1 Å². The normalized spacial score (nSPS) is 10.2. The molecule has 8 heteroatoms. The Morgan fingerprint density at radius 1 is 1.19 bits per heavy atom. The van der Waals surface area contributed by atoms with Gasteiger partial charge in [-0.2, -0.15) is 0 Å². The van der Waals surface area contributed by atoms with Gasteiger partial charge in [-0.15, -0.1) is 0 Å². The molecule has 0 aliphatic carbocycles. The summed E-state index contributed by atoms with van der Waals surface area (Å²) in [4.78, 5) is 22.0. The summed E-state index contributed by atoms with van der Waals surface area (Å²) < 4.78 is 5.38. The SMILES string of the molecule is C=CCOc1ccc(NC(=S)NC(=O)/C=C/c2ccc([N+](=O)[O-])cc2)cc1. The fourth-order valence-electron chi connectivity index (χ4n) is 1.98. The van der Waals surface area contributed by atoms with Crippen LogP contribution in [0.25, 0.3) is 6.08 Å². The number of hydrogen-bond acceptors (Lipinski definition) is 5. The van der Waals surface area contributed by atoms with Crippen LogP contribution in [0.5, 0.6) is 5.75 Å². The van der Waals surface area contributed by atoms with Crippen molar-refractivity contribution in [3.63, 3.8) is 0 Å². The highest BCUT2D eigenvalue weighted by Crippen LogP contribution is 2.15. The molecule has 0 heterocycles. The molecular weight excluding hydrogens is 366 g/mol. The fraction of sp³-hybridized carbons (Fsp3) is 0.0526. The smallest absolute Gasteiger partial charge is 0.269 e. The van der Waals surface area contributed by atoms with Crippen molar-refractivity contribution in [2.75, 3.05) is 11.9 Å². The summed E-state index contributed by atoms with van der Waals surface area (Å²) in [7, 11) is 0. The van der Waals surface area contributed by atoms with Gasteiger partial charge >= 0.3 is 0 Å². The number of nitrogens with one attached hydrogen (secondary N) is 2. The Bertz CT molecular complexity index is 862. The highest BCUT2D eigenvalue weighted by Gasteiger charge is 2.04. The second-order valence-electron chi connectivity index (χ2n) is 5.25. The number of nitrogens with zero attached hydrogens (tertiary/aromatic N) is 1. The molecule has 2 aromatic carbocycles. The largest absolute Gasteiger partial charge is 0.490 e. The van der Waals surface area contributed by atoms with Crippen LogP contribution < -0.4 is 15.4 Å². The van der Waals surface area contributed by atoms with Crippen LogP contribution in [0.4, 0.5) is 11.4 Å². The van der Waals surface area contributed by atoms with Gasteiger partial charge in [0, 0.05) is 23.9 Å². The minimum absolute atomic E-state index is 0.0112. The molecule has 0 aromatic heterocycles. The molecule has 0 saturated carbocycles. The molecule has 0 unspecified atom stereocenters. The van der Waals surface area contributed by atoms with E-state index in [1.54, 1.807) is 42.5 Å². The number of carbonyl (C=O) groups excluding carboxylic acids is 1. The van der Waals surface area contributed by atoms with Gasteiger partial charge in [0.25, 0.3) is 5.69 Å². The van der Waals surface area contributed by atoms with Gasteiger partial charge in [-0.1, -0.05) is 12.7 Å². The average molecular weight is 383 g/mol. The van der Waals surface area contributed by atoms with Crippen molar-refractivity contribution in [1.82, 2.24) is 5.32 Å². The highest BCUT2D eigenvalue weighted by molar-refractivity contribution is 7.80. The number of rotatable bonds is 7. The lowest BCUT2D eigenvalue weighted by atomic mass is 10.2. The minimum Gasteiger partial charge on any atom is -0.490 e. The predicted molar refractivity (Wildman–Crippen MR) is 109 cm³/mol. The highest BCUT2D eigenvalue weighted by atomic mass is 32.1. The van der Waals surface area contributed by atoms with Crippen LogP contribution in [-0.4, -0.2) is 22.5 Å². The number of amides is 1. The van der Waals surface area contributed by atoms with E-state index < -0.39 is 10.8 Å². The summed E-state index contributed by atoms with van der Waals surface area (Å²) in [5.41, 5.74) is 1.35. The molecule has 0 aliphatic rings. The monoisotopic (exact) mass is 383 g/mol. The van der Waals surface area contributed by atoms with E-state index in [4.69, 9.17) is 17.0 Å². The van der Waals surface area contributed by atoms with E-state index in [0.717, 1.165) is 0 Å². The maximum Gasteiger partial charge on any atom is 0.269 e. The van der Waals surface area contributed by atoms with E-state index >= 15 is 0 Å². The maximum atomic E-state index is 11.9. The molecule has 0 radical (unpaired) electrons. The first-order valence-corrected chi connectivity index (χ1v) is 8.27. The maximum absolute atomic E-state index is 11.9. The molecule has 2 N–H and O–H groups in total. The minimum atomic E-state index is -0.484. The number of ether oxygens (including phenoxy) is 1. The Morgan fingerprint density at radius 3 is 2.44 bits per heavy atom. The molecule has 7 nitrogen and oxygen atoms in total. The summed E-state index contributed by atoms with van der Waals surface area (Å²) in [5, 5.41) is 16.2. The van der Waals surface area contributed by atoms with Crippen molar-refractivity contribution in [2.24, 2.45) is 0 Å². The van der Waals surface area contributed by atoms with Crippen molar-refractivity contribution in [3.05, 3.63) is 82.9 Å². The van der Waals surface area contributed by atoms with E-state index in [1.165, 1.54) is 24.3 Å². The molecule has 138 valence electrons. The molecular formula is C19H17N3O4S. The molecule has 1 amide bonds. The van der Waals surface area contributed by atoms with Gasteiger partial charge < -0.3 is 10.1 Å². The van der Waals surface area contributed by atoms with Crippen molar-refractivity contribution in [1.29, 1.82) is 0 Å². The third kappa shape index (κ3) is 6.71. The third-order valence-corrected chi connectivity index (χ3v) is 3.45. The molecule has 2 rings (SSSR count). The molecule has 0 aliphatic heterocycles. The third-order valence-electron chi connectivity index (χ3n) is 3.25. The van der Waals surface area contributed by atoms with Gasteiger partial charge in [0.2, 0.25) is 5.91 Å². The van der Waals surface area contributed by atoms with E-state index in [1.807, 2.05) is 0 Å². The van der Waals surface area contributed by atoms with Crippen LogP contribution >= 0.6 is 12.2 Å². The number of thiocarbonyl (C=S) groups is 1. The molecule has 0 saturated heterocycles. The molecule has 0 bridgehead atoms. The van der Waals surface area contributed by atoms with Crippen molar-refractivity contribution >= 4 is 40.7 Å². The number of hydrogen-bond donors (Lipinski definition) is 2. The number of nitro benzene ring substituents is 1. The van der Waals surface area contributed by atoms with Crippen LogP contribution in [0.2, 0.25) is 0 Å². The average Bonchev–Trinajstić information content (AvgIpc) is 2.66. The zero-order chi connectivity index (χ0) is 19.6. The summed E-state index contributed by atoms with van der Waals surface area (Å²) >= 11 is 5.10. The lowest BCUT2D eigenvalue weighted by Gasteiger charge is -2.09. The zero-order valence-electron chi connectivity index (χ0n) is 14.3. The summed E-state index contributed by atoms with van der Waals surface area (Å²) in [6.45, 7) is 4.00. The standard InChI is InChI=1S/C19H17N3O4S/c1-2-13-26-17-10-6-15(7-11-17)20-19(27)21-18(23)12-5-14-3-8-16(9-4-14)22(24)25/h2-12H,1,13H2,(H2,20,21,23,27)/b12-5+. The first-order chi connectivity index (χ1) is 13.0. The lowest BCUT2D eigenvalue weighted by Crippen LogP contribution is -2.32. The Balaban J connectivity index is 1.84. The molecule has 0 atom stereocenters. The van der Waals surface area contributed by atoms with E-state index in [-0.39, 0.29) is 10.8 Å². The lowest BCUT2D eigenvalue weighted by molar-refractivity contribution is -0.384. The van der Waals surface area contributed by atoms with E-state index in [0.29, 0.717) is 23.6 Å². The molecule has 27 heavy (non-hydrogen) atoms. The second kappa shape index (κ2) is 9.83. The van der Waals surface area contributed by atoms with Crippen molar-refractivity contribution < 1.29 is 14.5 Å². The summed E-state index contributed by atoms with van der Waals surface area (Å²) in [6, 6.07) is 12.9. The Morgan fingerprint density at radius 2 is 1.85 bits per heavy atom. The van der Waals surface area contributed by atoms with Gasteiger partial charge in [-0.3, -0.25) is 20.2 Å². The Hall–Kier alpha value is -3.52. The number of benzene rings is 2. The number of nitro groups is 1. The first kappa shape index (κ1) is 19.8. The van der Waals surface area contributed by atoms with Crippen molar-refractivity contribution in [3.8, 4) is 5.75 Å². The molecule has 0 fully saturated rings. The zero-order valence-corrected chi connectivity index (χ0v) is 15.1. The number of carbonyl (C=O) groups is 1. The predicted octanol–water partition coefficient (Wildman–Crippen LogP) is 3.69. The summed E-state index contributed by atoms with van der Waals surface area (Å²) in [5.74, 6) is 0.276. The summed E-state index contributed by atoms with van der Waals surface area (Å²) in [6.07, 6.45) is 4.48. The van der Waals surface area contributed by atoms with Gasteiger partial charge in [0.05, 0.1) is 4.92 Å². The Labute approximate surface area is 161 Å². The number of anilines is 1. The van der Waals surface area contributed by atoms with Crippen LogP contribution in [0.1, 0.15) is 5.56 Å². The van der Waals surface area contributed by atoms with Crippen LogP contribution in [-0.2, 0) is 4.79 Å².